The van der Waals surface area contributed by atoms with E-state index in [1.165, 1.54) is 0 Å². The number of carbonyl (C=O) groups excluding carboxylic acids is 2. The summed E-state index contributed by atoms with van der Waals surface area (Å²) in [7, 11) is 0. The fraction of sp³-hybridized carbons (Fsp3) is 0.222. The summed E-state index contributed by atoms with van der Waals surface area (Å²) in [4.78, 5) is 25.3. The Morgan fingerprint density at radius 3 is 2.32 bits per heavy atom. The van der Waals surface area contributed by atoms with E-state index in [0.29, 0.717) is 30.0 Å². The van der Waals surface area contributed by atoms with Crippen LogP contribution in [0.2, 0.25) is 0 Å². The molecule has 0 saturated carbocycles. The van der Waals surface area contributed by atoms with Gasteiger partial charge in [0.15, 0.2) is 5.11 Å². The molecule has 2 amide bonds. The molecule has 0 unspecified atom stereocenters. The SMILES string of the molecule is CCCCOc1ccc(C(=O)NC(=S)Nc2ccccc2C(=O)NCCc2ccccc2)cc1. The van der Waals surface area contributed by atoms with Crippen LogP contribution in [0.5, 0.6) is 5.75 Å². The monoisotopic (exact) mass is 475 g/mol. The molecule has 3 aromatic rings. The molecule has 0 heterocycles. The largest absolute Gasteiger partial charge is 0.494 e. The molecule has 0 aliphatic carbocycles. The lowest BCUT2D eigenvalue weighted by molar-refractivity contribution is 0.0953. The smallest absolute Gasteiger partial charge is 0.257 e. The third-order valence-electron chi connectivity index (χ3n) is 5.07. The van der Waals surface area contributed by atoms with Gasteiger partial charge < -0.3 is 15.4 Å². The van der Waals surface area contributed by atoms with Gasteiger partial charge in [0.2, 0.25) is 0 Å². The van der Waals surface area contributed by atoms with Crippen LogP contribution < -0.4 is 20.7 Å². The molecule has 0 atom stereocenters. The van der Waals surface area contributed by atoms with Crippen LogP contribution in [0.25, 0.3) is 0 Å². The normalized spacial score (nSPS) is 10.3. The molecule has 0 radical (unpaired) electrons. The first kappa shape index (κ1) is 24.9. The number of hydrogen-bond acceptors (Lipinski definition) is 4. The second kappa shape index (κ2) is 13.1. The van der Waals surface area contributed by atoms with E-state index in [2.05, 4.69) is 22.9 Å². The van der Waals surface area contributed by atoms with Gasteiger partial charge in [-0.25, -0.2) is 0 Å². The lowest BCUT2D eigenvalue weighted by atomic mass is 10.1. The third kappa shape index (κ3) is 7.71. The molecule has 3 rings (SSSR count). The highest BCUT2D eigenvalue weighted by molar-refractivity contribution is 7.80. The molecule has 0 aliphatic heterocycles. The van der Waals surface area contributed by atoms with E-state index in [0.717, 1.165) is 30.6 Å². The summed E-state index contributed by atoms with van der Waals surface area (Å²) in [6, 6.07) is 23.9. The van der Waals surface area contributed by atoms with Gasteiger partial charge >= 0.3 is 0 Å². The van der Waals surface area contributed by atoms with Crippen molar-refractivity contribution in [1.82, 2.24) is 10.6 Å². The number of thiocarbonyl (C=S) groups is 1. The Bertz CT molecular complexity index is 1100. The summed E-state index contributed by atoms with van der Waals surface area (Å²) in [5.41, 5.74) is 2.57. The van der Waals surface area contributed by atoms with Gasteiger partial charge in [-0.15, -0.1) is 0 Å². The van der Waals surface area contributed by atoms with E-state index < -0.39 is 0 Å². The van der Waals surface area contributed by atoms with E-state index in [-0.39, 0.29) is 16.9 Å². The van der Waals surface area contributed by atoms with Gasteiger partial charge in [-0.05, 0) is 67.0 Å². The number of para-hydroxylation sites is 1. The quantitative estimate of drug-likeness (QED) is 0.285. The minimum atomic E-state index is -0.345. The van der Waals surface area contributed by atoms with Crippen molar-refractivity contribution in [3.8, 4) is 5.75 Å². The fourth-order valence-corrected chi connectivity index (χ4v) is 3.42. The predicted octanol–water partition coefficient (Wildman–Crippen LogP) is 4.96. The number of amides is 2. The Labute approximate surface area is 205 Å². The van der Waals surface area contributed by atoms with Gasteiger partial charge in [-0.2, -0.15) is 0 Å². The van der Waals surface area contributed by atoms with E-state index in [1.54, 1.807) is 48.5 Å². The Kier molecular flexibility index (Phi) is 9.61. The van der Waals surface area contributed by atoms with Crippen LogP contribution in [0.4, 0.5) is 5.69 Å². The lowest BCUT2D eigenvalue weighted by Crippen LogP contribution is -2.35. The van der Waals surface area contributed by atoms with Crippen molar-refractivity contribution in [2.45, 2.75) is 26.2 Å². The number of anilines is 1. The van der Waals surface area contributed by atoms with Gasteiger partial charge in [-0.3, -0.25) is 14.9 Å². The highest BCUT2D eigenvalue weighted by atomic mass is 32.1. The molecule has 0 fully saturated rings. The summed E-state index contributed by atoms with van der Waals surface area (Å²) in [6.07, 6.45) is 2.77. The van der Waals surface area contributed by atoms with Crippen molar-refractivity contribution < 1.29 is 14.3 Å². The first-order valence-corrected chi connectivity index (χ1v) is 11.7. The number of hydrogen-bond donors (Lipinski definition) is 3. The highest BCUT2D eigenvalue weighted by Gasteiger charge is 2.13. The highest BCUT2D eigenvalue weighted by Crippen LogP contribution is 2.16. The van der Waals surface area contributed by atoms with Crippen LogP contribution >= 0.6 is 12.2 Å². The molecular weight excluding hydrogens is 446 g/mol. The number of rotatable bonds is 10. The van der Waals surface area contributed by atoms with Crippen molar-refractivity contribution in [3.63, 3.8) is 0 Å². The van der Waals surface area contributed by atoms with Gasteiger partial charge in [0.1, 0.15) is 5.75 Å². The van der Waals surface area contributed by atoms with Crippen molar-refractivity contribution in [3.05, 3.63) is 95.6 Å². The molecule has 176 valence electrons. The zero-order valence-electron chi connectivity index (χ0n) is 19.2. The maximum absolute atomic E-state index is 12.7. The Hall–Kier alpha value is -3.71. The van der Waals surface area contributed by atoms with E-state index in [9.17, 15) is 9.59 Å². The number of benzene rings is 3. The number of unbranched alkanes of at least 4 members (excludes halogenated alkanes) is 1. The molecule has 0 saturated heterocycles. The minimum absolute atomic E-state index is 0.109. The molecule has 0 aliphatic rings. The summed E-state index contributed by atoms with van der Waals surface area (Å²) in [5.74, 6) is 0.159. The molecular formula is C27H29N3O3S. The standard InChI is InChI=1S/C27H29N3O3S/c1-2-3-19-33-22-15-13-21(14-16-22)25(31)30-27(34)29-24-12-8-7-11-23(24)26(32)28-18-17-20-9-5-4-6-10-20/h4-16H,2-3,17-19H2,1H3,(H,28,32)(H2,29,30,31,34). The maximum atomic E-state index is 12.7. The first-order valence-electron chi connectivity index (χ1n) is 11.3. The fourth-order valence-electron chi connectivity index (χ4n) is 3.22. The number of ether oxygens (including phenoxy) is 1. The molecule has 0 bridgehead atoms. The molecule has 0 aromatic heterocycles. The van der Waals surface area contributed by atoms with Gasteiger partial charge in [0.05, 0.1) is 17.9 Å². The Morgan fingerprint density at radius 2 is 1.59 bits per heavy atom. The van der Waals surface area contributed by atoms with Crippen LogP contribution in [0, 0.1) is 0 Å². The summed E-state index contributed by atoms with van der Waals surface area (Å²) in [5, 5.41) is 8.65. The topological polar surface area (TPSA) is 79.5 Å². The van der Waals surface area contributed by atoms with Crippen LogP contribution in [-0.4, -0.2) is 30.1 Å². The van der Waals surface area contributed by atoms with Crippen LogP contribution in [0.3, 0.4) is 0 Å². The third-order valence-corrected chi connectivity index (χ3v) is 5.28. The second-order valence-electron chi connectivity index (χ2n) is 7.67. The van der Waals surface area contributed by atoms with Gasteiger partial charge in [-0.1, -0.05) is 55.8 Å². The summed E-state index contributed by atoms with van der Waals surface area (Å²) in [6.45, 7) is 3.26. The average molecular weight is 476 g/mol. The van der Waals surface area contributed by atoms with E-state index >= 15 is 0 Å². The summed E-state index contributed by atoms with van der Waals surface area (Å²) >= 11 is 5.31. The molecule has 0 spiro atoms. The van der Waals surface area contributed by atoms with Crippen LogP contribution in [-0.2, 0) is 6.42 Å². The van der Waals surface area contributed by atoms with Crippen molar-refractivity contribution in [2.75, 3.05) is 18.5 Å². The Morgan fingerprint density at radius 1 is 0.882 bits per heavy atom. The van der Waals surface area contributed by atoms with Crippen molar-refractivity contribution in [2.24, 2.45) is 0 Å². The molecule has 34 heavy (non-hydrogen) atoms. The minimum Gasteiger partial charge on any atom is -0.494 e. The van der Waals surface area contributed by atoms with Gasteiger partial charge in [0.25, 0.3) is 11.8 Å². The second-order valence-corrected chi connectivity index (χ2v) is 8.08. The van der Waals surface area contributed by atoms with E-state index in [1.807, 2.05) is 30.3 Å². The van der Waals surface area contributed by atoms with Crippen molar-refractivity contribution >= 4 is 34.8 Å². The van der Waals surface area contributed by atoms with Gasteiger partial charge in [0, 0.05) is 12.1 Å². The zero-order valence-corrected chi connectivity index (χ0v) is 20.0. The molecule has 3 N–H and O–H groups in total. The number of nitrogens with one attached hydrogen (secondary N) is 3. The van der Waals surface area contributed by atoms with Crippen LogP contribution in [0.1, 0.15) is 46.0 Å². The Balaban J connectivity index is 1.53. The molecule has 3 aromatic carbocycles. The lowest BCUT2D eigenvalue weighted by Gasteiger charge is -2.14. The van der Waals surface area contributed by atoms with Crippen molar-refractivity contribution in [1.29, 1.82) is 0 Å². The summed E-state index contributed by atoms with van der Waals surface area (Å²) < 4.78 is 5.62. The van der Waals surface area contributed by atoms with Crippen LogP contribution in [0.15, 0.2) is 78.9 Å². The maximum Gasteiger partial charge on any atom is 0.257 e. The first-order chi connectivity index (χ1) is 16.6. The molecule has 6 nitrogen and oxygen atoms in total. The zero-order chi connectivity index (χ0) is 24.2. The predicted molar refractivity (Wildman–Crippen MR) is 139 cm³/mol. The average Bonchev–Trinajstić information content (AvgIpc) is 2.85. The van der Waals surface area contributed by atoms with E-state index in [4.69, 9.17) is 17.0 Å². The number of carbonyl (C=O) groups is 2. The molecule has 7 heteroatoms.